The molecule has 1 aliphatic heterocycles. The molecular formula is C18H19N3. The lowest BCUT2D eigenvalue weighted by Crippen LogP contribution is -2.17. The third-order valence-electron chi connectivity index (χ3n) is 4.23. The highest BCUT2D eigenvalue weighted by molar-refractivity contribution is 5.66. The zero-order chi connectivity index (χ0) is 14.2. The van der Waals surface area contributed by atoms with E-state index in [1.54, 1.807) is 0 Å². The summed E-state index contributed by atoms with van der Waals surface area (Å²) in [5, 5.41) is 0. The van der Waals surface area contributed by atoms with Crippen LogP contribution in [0.3, 0.4) is 0 Å². The number of fused-ring (bicyclic) bond motifs is 1. The zero-order valence-electron chi connectivity index (χ0n) is 12.3. The van der Waals surface area contributed by atoms with Gasteiger partial charge in [-0.2, -0.15) is 0 Å². The molecule has 2 aromatic heterocycles. The van der Waals surface area contributed by atoms with Crippen LogP contribution in [0.1, 0.15) is 18.4 Å². The molecule has 4 rings (SSSR count). The summed E-state index contributed by atoms with van der Waals surface area (Å²) < 4.78 is 2.11. The summed E-state index contributed by atoms with van der Waals surface area (Å²) in [6.45, 7) is 4.45. The first kappa shape index (κ1) is 12.5. The smallest absolute Gasteiger partial charge is 0.139 e. The molecule has 0 bridgehead atoms. The minimum Gasteiger partial charge on any atom is -0.371 e. The van der Waals surface area contributed by atoms with E-state index in [1.807, 2.05) is 0 Å². The molecule has 0 atom stereocenters. The molecule has 0 spiro atoms. The van der Waals surface area contributed by atoms with Crippen molar-refractivity contribution in [2.24, 2.45) is 0 Å². The van der Waals surface area contributed by atoms with Crippen LogP contribution in [0.5, 0.6) is 0 Å². The third kappa shape index (κ3) is 2.29. The monoisotopic (exact) mass is 277 g/mol. The summed E-state index contributed by atoms with van der Waals surface area (Å²) in [4.78, 5) is 7.24. The molecular weight excluding hydrogens is 258 g/mol. The predicted octanol–water partition coefficient (Wildman–Crippen LogP) is 3.91. The largest absolute Gasteiger partial charge is 0.371 e. The standard InChI is InChI=1S/C18H19N3/c1-14-5-4-6-15(11-14)17-13-21-10-7-16(12-18(21)19-17)20-8-2-3-9-20/h4-7,10-13H,2-3,8-9H2,1H3. The van der Waals surface area contributed by atoms with Crippen molar-refractivity contribution >= 4 is 11.3 Å². The van der Waals surface area contributed by atoms with E-state index < -0.39 is 0 Å². The molecule has 0 radical (unpaired) electrons. The highest BCUT2D eigenvalue weighted by Crippen LogP contribution is 2.24. The molecule has 3 nitrogen and oxygen atoms in total. The Morgan fingerprint density at radius 3 is 2.71 bits per heavy atom. The number of hydrogen-bond donors (Lipinski definition) is 0. The minimum absolute atomic E-state index is 1.02. The Hall–Kier alpha value is -2.29. The van der Waals surface area contributed by atoms with Crippen molar-refractivity contribution in [3.8, 4) is 11.3 Å². The molecule has 21 heavy (non-hydrogen) atoms. The molecule has 0 unspecified atom stereocenters. The first-order chi connectivity index (χ1) is 10.3. The highest BCUT2D eigenvalue weighted by atomic mass is 15.1. The van der Waals surface area contributed by atoms with Gasteiger partial charge in [-0.05, 0) is 31.9 Å². The van der Waals surface area contributed by atoms with Crippen molar-refractivity contribution in [1.29, 1.82) is 0 Å². The molecule has 3 aromatic rings. The van der Waals surface area contributed by atoms with Crippen molar-refractivity contribution in [2.75, 3.05) is 18.0 Å². The van der Waals surface area contributed by atoms with Gasteiger partial charge in [-0.1, -0.05) is 23.8 Å². The van der Waals surface area contributed by atoms with Crippen molar-refractivity contribution in [3.05, 3.63) is 54.4 Å². The summed E-state index contributed by atoms with van der Waals surface area (Å²) in [5.74, 6) is 0. The SMILES string of the molecule is Cc1cccc(-c2cn3ccc(N4CCCC4)cc3n2)c1. The first-order valence-electron chi connectivity index (χ1n) is 7.60. The maximum absolute atomic E-state index is 4.79. The van der Waals surface area contributed by atoms with Gasteiger partial charge in [0.25, 0.3) is 0 Å². The van der Waals surface area contributed by atoms with Gasteiger partial charge in [-0.15, -0.1) is 0 Å². The Balaban J connectivity index is 1.75. The van der Waals surface area contributed by atoms with Crippen LogP contribution in [-0.2, 0) is 0 Å². The highest BCUT2D eigenvalue weighted by Gasteiger charge is 2.13. The topological polar surface area (TPSA) is 20.5 Å². The summed E-state index contributed by atoms with van der Waals surface area (Å²) in [6, 6.07) is 12.9. The van der Waals surface area contributed by atoms with Crippen LogP contribution in [-0.4, -0.2) is 22.5 Å². The molecule has 1 aromatic carbocycles. The zero-order valence-corrected chi connectivity index (χ0v) is 12.3. The normalized spacial score (nSPS) is 15.0. The van der Waals surface area contributed by atoms with Crippen molar-refractivity contribution in [3.63, 3.8) is 0 Å². The van der Waals surface area contributed by atoms with Crippen LogP contribution in [0.15, 0.2) is 48.8 Å². The first-order valence-corrected chi connectivity index (χ1v) is 7.60. The number of rotatable bonds is 2. The van der Waals surface area contributed by atoms with Gasteiger partial charge in [-0.3, -0.25) is 0 Å². The number of aryl methyl sites for hydroxylation is 1. The Bertz CT molecular complexity index is 782. The van der Waals surface area contributed by atoms with Crippen molar-refractivity contribution in [1.82, 2.24) is 9.38 Å². The second-order valence-electron chi connectivity index (χ2n) is 5.84. The van der Waals surface area contributed by atoms with Crippen LogP contribution in [0.25, 0.3) is 16.9 Å². The van der Waals surface area contributed by atoms with Crippen LogP contribution in [0, 0.1) is 6.92 Å². The molecule has 1 saturated heterocycles. The van der Waals surface area contributed by atoms with Crippen LogP contribution in [0.2, 0.25) is 0 Å². The van der Waals surface area contributed by atoms with E-state index in [9.17, 15) is 0 Å². The fourth-order valence-corrected chi connectivity index (χ4v) is 3.09. The fourth-order valence-electron chi connectivity index (χ4n) is 3.09. The summed E-state index contributed by atoms with van der Waals surface area (Å²) in [6.07, 6.45) is 6.83. The number of hydrogen-bond acceptors (Lipinski definition) is 2. The molecule has 0 N–H and O–H groups in total. The minimum atomic E-state index is 1.02. The van der Waals surface area contributed by atoms with Gasteiger partial charge in [0, 0.05) is 42.8 Å². The van der Waals surface area contributed by atoms with Gasteiger partial charge < -0.3 is 9.30 Å². The van der Waals surface area contributed by atoms with E-state index in [-0.39, 0.29) is 0 Å². The third-order valence-corrected chi connectivity index (χ3v) is 4.23. The Labute approximate surface area is 124 Å². The Kier molecular flexibility index (Phi) is 2.92. The Morgan fingerprint density at radius 1 is 1.05 bits per heavy atom. The predicted molar refractivity (Wildman–Crippen MR) is 86.8 cm³/mol. The van der Waals surface area contributed by atoms with E-state index in [1.165, 1.54) is 42.7 Å². The van der Waals surface area contributed by atoms with Crippen molar-refractivity contribution < 1.29 is 0 Å². The number of pyridine rings is 1. The molecule has 106 valence electrons. The van der Waals surface area contributed by atoms with E-state index in [2.05, 4.69) is 65.0 Å². The number of anilines is 1. The van der Waals surface area contributed by atoms with Crippen LogP contribution >= 0.6 is 0 Å². The quantitative estimate of drug-likeness (QED) is 0.708. The van der Waals surface area contributed by atoms with E-state index in [4.69, 9.17) is 4.98 Å². The molecule has 1 aliphatic rings. The molecule has 3 heteroatoms. The summed E-state index contributed by atoms with van der Waals surface area (Å²) in [7, 11) is 0. The average Bonchev–Trinajstić information content (AvgIpc) is 3.16. The summed E-state index contributed by atoms with van der Waals surface area (Å²) in [5.41, 5.74) is 5.80. The van der Waals surface area contributed by atoms with Gasteiger partial charge >= 0.3 is 0 Å². The lowest BCUT2D eigenvalue weighted by molar-refractivity contribution is 0.949. The number of benzene rings is 1. The van der Waals surface area contributed by atoms with E-state index >= 15 is 0 Å². The van der Waals surface area contributed by atoms with Gasteiger partial charge in [-0.25, -0.2) is 4.98 Å². The van der Waals surface area contributed by atoms with Gasteiger partial charge in [0.2, 0.25) is 0 Å². The van der Waals surface area contributed by atoms with E-state index in [0.717, 1.165) is 11.3 Å². The number of nitrogens with zero attached hydrogens (tertiary/aromatic N) is 3. The molecule has 0 saturated carbocycles. The Morgan fingerprint density at radius 2 is 1.90 bits per heavy atom. The fraction of sp³-hybridized carbons (Fsp3) is 0.278. The lowest BCUT2D eigenvalue weighted by atomic mass is 10.1. The van der Waals surface area contributed by atoms with Crippen LogP contribution in [0.4, 0.5) is 5.69 Å². The van der Waals surface area contributed by atoms with Gasteiger partial charge in [0.05, 0.1) is 5.69 Å². The molecule has 0 aliphatic carbocycles. The number of imidazole rings is 1. The summed E-state index contributed by atoms with van der Waals surface area (Å²) >= 11 is 0. The number of aromatic nitrogens is 2. The molecule has 3 heterocycles. The van der Waals surface area contributed by atoms with Gasteiger partial charge in [0.15, 0.2) is 0 Å². The van der Waals surface area contributed by atoms with Crippen molar-refractivity contribution in [2.45, 2.75) is 19.8 Å². The lowest BCUT2D eigenvalue weighted by Gasteiger charge is -2.17. The molecule has 1 fully saturated rings. The second-order valence-corrected chi connectivity index (χ2v) is 5.84. The second kappa shape index (κ2) is 4.92. The maximum Gasteiger partial charge on any atom is 0.139 e. The maximum atomic E-state index is 4.79. The molecule has 0 amide bonds. The average molecular weight is 277 g/mol. The van der Waals surface area contributed by atoms with Crippen LogP contribution < -0.4 is 4.90 Å². The van der Waals surface area contributed by atoms with Gasteiger partial charge in [0.1, 0.15) is 5.65 Å². The van der Waals surface area contributed by atoms with E-state index in [0.29, 0.717) is 0 Å².